The van der Waals surface area contributed by atoms with Gasteiger partial charge in [0.15, 0.2) is 0 Å². The smallest absolute Gasteiger partial charge is 0.106 e. The van der Waals surface area contributed by atoms with Crippen molar-refractivity contribution in [2.75, 3.05) is 7.11 Å². The van der Waals surface area contributed by atoms with E-state index in [0.717, 1.165) is 6.42 Å². The molecule has 2 nitrogen and oxygen atoms in total. The Morgan fingerprint density at radius 1 is 1.38 bits per heavy atom. The highest BCUT2D eigenvalue weighted by molar-refractivity contribution is 5.57. The summed E-state index contributed by atoms with van der Waals surface area (Å²) in [6.07, 6.45) is 2.72. The van der Waals surface area contributed by atoms with Gasteiger partial charge in [-0.3, -0.25) is 0 Å². The molecule has 0 saturated heterocycles. The van der Waals surface area contributed by atoms with Crippen LogP contribution in [0.2, 0.25) is 0 Å². The fourth-order valence-electron chi connectivity index (χ4n) is 1.19. The van der Waals surface area contributed by atoms with Gasteiger partial charge >= 0.3 is 0 Å². The van der Waals surface area contributed by atoms with E-state index in [-0.39, 0.29) is 0 Å². The lowest BCUT2D eigenvalue weighted by Crippen LogP contribution is -1.93. The van der Waals surface area contributed by atoms with Crippen LogP contribution in [0.1, 0.15) is 24.8 Å². The minimum Gasteiger partial charge on any atom is -0.399 e. The summed E-state index contributed by atoms with van der Waals surface area (Å²) in [5.74, 6) is 0.500. The van der Waals surface area contributed by atoms with Gasteiger partial charge in [-0.05, 0) is 17.9 Å². The topological polar surface area (TPSA) is 21.6 Å². The quantitative estimate of drug-likeness (QED) is 0.512. The summed E-state index contributed by atoms with van der Waals surface area (Å²) in [5, 5.41) is 3.71. The van der Waals surface area contributed by atoms with Gasteiger partial charge in [0.05, 0.1) is 0 Å². The second kappa shape index (κ2) is 5.36. The molecule has 13 heavy (non-hydrogen) atoms. The Hall–Kier alpha value is -1.31. The number of nitrogens with zero attached hydrogens (tertiary/aromatic N) is 1. The van der Waals surface area contributed by atoms with Crippen LogP contribution in [0.3, 0.4) is 0 Å². The SMILES string of the molecule is CO/N=C/CC(C)c1ccccc1. The Kier molecular flexibility index (Phi) is 4.03. The van der Waals surface area contributed by atoms with Crippen molar-refractivity contribution in [2.24, 2.45) is 5.16 Å². The highest BCUT2D eigenvalue weighted by Crippen LogP contribution is 2.16. The largest absolute Gasteiger partial charge is 0.399 e. The van der Waals surface area contributed by atoms with Crippen LogP contribution in [0.15, 0.2) is 35.5 Å². The van der Waals surface area contributed by atoms with Crippen LogP contribution in [-0.2, 0) is 4.84 Å². The summed E-state index contributed by atoms with van der Waals surface area (Å²) < 4.78 is 0. The summed E-state index contributed by atoms with van der Waals surface area (Å²) >= 11 is 0. The lowest BCUT2D eigenvalue weighted by Gasteiger charge is -2.07. The molecule has 1 rings (SSSR count). The van der Waals surface area contributed by atoms with Crippen molar-refractivity contribution in [1.29, 1.82) is 0 Å². The average Bonchev–Trinajstić information content (AvgIpc) is 2.19. The molecule has 0 bridgehead atoms. The Bertz CT molecular complexity index is 256. The van der Waals surface area contributed by atoms with Crippen LogP contribution >= 0.6 is 0 Å². The highest BCUT2D eigenvalue weighted by atomic mass is 16.6. The van der Waals surface area contributed by atoms with Crippen LogP contribution in [0, 0.1) is 0 Å². The number of hydrogen-bond donors (Lipinski definition) is 0. The molecule has 1 aromatic carbocycles. The summed E-state index contributed by atoms with van der Waals surface area (Å²) in [6, 6.07) is 10.4. The van der Waals surface area contributed by atoms with E-state index in [1.165, 1.54) is 5.56 Å². The molecule has 1 atom stereocenters. The first-order valence-electron chi connectivity index (χ1n) is 4.44. The Morgan fingerprint density at radius 2 is 2.08 bits per heavy atom. The molecular weight excluding hydrogens is 162 g/mol. The zero-order valence-corrected chi connectivity index (χ0v) is 8.10. The van der Waals surface area contributed by atoms with Gasteiger partial charge in [-0.25, -0.2) is 0 Å². The summed E-state index contributed by atoms with van der Waals surface area (Å²) in [4.78, 5) is 4.60. The first-order valence-corrected chi connectivity index (χ1v) is 4.44. The zero-order chi connectivity index (χ0) is 9.52. The first-order chi connectivity index (χ1) is 6.34. The maximum absolute atomic E-state index is 4.60. The van der Waals surface area contributed by atoms with Gasteiger partial charge in [0.2, 0.25) is 0 Å². The van der Waals surface area contributed by atoms with Crippen molar-refractivity contribution < 1.29 is 4.84 Å². The molecule has 0 aromatic heterocycles. The lowest BCUT2D eigenvalue weighted by molar-refractivity contribution is 0.214. The van der Waals surface area contributed by atoms with Gasteiger partial charge in [0.25, 0.3) is 0 Å². The minimum atomic E-state index is 0.500. The zero-order valence-electron chi connectivity index (χ0n) is 8.10. The second-order valence-electron chi connectivity index (χ2n) is 3.02. The standard InChI is InChI=1S/C11H15NO/c1-10(8-9-12-13-2)11-6-4-3-5-7-11/h3-7,9-10H,8H2,1-2H3/b12-9+. The van der Waals surface area contributed by atoms with E-state index in [9.17, 15) is 0 Å². The third-order valence-electron chi connectivity index (χ3n) is 2.01. The van der Waals surface area contributed by atoms with Crippen molar-refractivity contribution in [3.8, 4) is 0 Å². The number of oxime groups is 1. The number of rotatable bonds is 4. The first kappa shape index (κ1) is 9.78. The molecule has 0 spiro atoms. The van der Waals surface area contributed by atoms with Crippen LogP contribution in [-0.4, -0.2) is 13.3 Å². The molecule has 0 heterocycles. The van der Waals surface area contributed by atoms with E-state index in [0.29, 0.717) is 5.92 Å². The van der Waals surface area contributed by atoms with E-state index in [1.54, 1.807) is 13.3 Å². The van der Waals surface area contributed by atoms with Crippen molar-refractivity contribution in [1.82, 2.24) is 0 Å². The van der Waals surface area contributed by atoms with Crippen molar-refractivity contribution in [3.63, 3.8) is 0 Å². The molecule has 0 aliphatic carbocycles. The van der Waals surface area contributed by atoms with Gasteiger partial charge in [0, 0.05) is 6.21 Å². The molecule has 70 valence electrons. The highest BCUT2D eigenvalue weighted by Gasteiger charge is 2.01. The fraction of sp³-hybridized carbons (Fsp3) is 0.364. The summed E-state index contributed by atoms with van der Waals surface area (Å²) in [7, 11) is 1.56. The second-order valence-corrected chi connectivity index (χ2v) is 3.02. The lowest BCUT2D eigenvalue weighted by atomic mass is 9.99. The van der Waals surface area contributed by atoms with E-state index in [2.05, 4.69) is 41.2 Å². The van der Waals surface area contributed by atoms with Gasteiger partial charge in [0.1, 0.15) is 7.11 Å². The summed E-state index contributed by atoms with van der Waals surface area (Å²) in [5.41, 5.74) is 1.34. The Labute approximate surface area is 79.2 Å². The molecule has 1 aromatic rings. The third kappa shape index (κ3) is 3.28. The number of benzene rings is 1. The van der Waals surface area contributed by atoms with Gasteiger partial charge in [-0.2, -0.15) is 0 Å². The molecule has 0 aliphatic rings. The predicted molar refractivity (Wildman–Crippen MR) is 55.0 cm³/mol. The third-order valence-corrected chi connectivity index (χ3v) is 2.01. The van der Waals surface area contributed by atoms with E-state index < -0.39 is 0 Å². The Balaban J connectivity index is 2.49. The number of hydrogen-bond acceptors (Lipinski definition) is 2. The fourth-order valence-corrected chi connectivity index (χ4v) is 1.19. The van der Waals surface area contributed by atoms with Crippen LogP contribution in [0.25, 0.3) is 0 Å². The molecule has 0 amide bonds. The maximum Gasteiger partial charge on any atom is 0.106 e. The van der Waals surface area contributed by atoms with Crippen LogP contribution in [0.5, 0.6) is 0 Å². The maximum atomic E-state index is 4.60. The van der Waals surface area contributed by atoms with E-state index >= 15 is 0 Å². The van der Waals surface area contributed by atoms with Crippen molar-refractivity contribution >= 4 is 6.21 Å². The molecule has 2 heteroatoms. The minimum absolute atomic E-state index is 0.500. The molecule has 1 unspecified atom stereocenters. The normalized spacial score (nSPS) is 13.1. The molecule has 0 saturated carbocycles. The summed E-state index contributed by atoms with van der Waals surface area (Å²) in [6.45, 7) is 2.18. The van der Waals surface area contributed by atoms with Crippen molar-refractivity contribution in [3.05, 3.63) is 35.9 Å². The van der Waals surface area contributed by atoms with Crippen LogP contribution in [0.4, 0.5) is 0 Å². The molecule has 0 N–H and O–H groups in total. The van der Waals surface area contributed by atoms with E-state index in [4.69, 9.17) is 0 Å². The van der Waals surface area contributed by atoms with Crippen LogP contribution < -0.4 is 0 Å². The molecule has 0 aliphatic heterocycles. The molecule has 0 radical (unpaired) electrons. The predicted octanol–water partition coefficient (Wildman–Crippen LogP) is 2.81. The molecule has 0 fully saturated rings. The average molecular weight is 177 g/mol. The Morgan fingerprint density at radius 3 is 2.69 bits per heavy atom. The van der Waals surface area contributed by atoms with Gasteiger partial charge in [-0.1, -0.05) is 42.4 Å². The van der Waals surface area contributed by atoms with E-state index in [1.807, 2.05) is 6.07 Å². The van der Waals surface area contributed by atoms with Gasteiger partial charge < -0.3 is 4.84 Å². The van der Waals surface area contributed by atoms with Gasteiger partial charge in [-0.15, -0.1) is 0 Å². The monoisotopic (exact) mass is 177 g/mol. The molecular formula is C11H15NO. The van der Waals surface area contributed by atoms with Crippen molar-refractivity contribution in [2.45, 2.75) is 19.3 Å².